The third-order valence-electron chi connectivity index (χ3n) is 3.91. The number of hydrogen-bond acceptors (Lipinski definition) is 3. The van der Waals surface area contributed by atoms with E-state index in [-0.39, 0.29) is 24.8 Å². The lowest BCUT2D eigenvalue weighted by Crippen LogP contribution is -2.41. The van der Waals surface area contributed by atoms with Gasteiger partial charge in [-0.1, -0.05) is 42.5 Å². The van der Waals surface area contributed by atoms with Crippen molar-refractivity contribution in [3.05, 3.63) is 60.2 Å². The molecular formula is C19H20N2O3. The van der Waals surface area contributed by atoms with Gasteiger partial charge in [-0.3, -0.25) is 14.5 Å². The number of fused-ring (bicyclic) bond motifs is 1. The minimum Gasteiger partial charge on any atom is -0.491 e. The van der Waals surface area contributed by atoms with Crippen LogP contribution in [-0.4, -0.2) is 31.5 Å². The van der Waals surface area contributed by atoms with Crippen molar-refractivity contribution in [1.29, 1.82) is 0 Å². The van der Waals surface area contributed by atoms with Gasteiger partial charge in [0.2, 0.25) is 11.8 Å². The Morgan fingerprint density at radius 3 is 2.67 bits per heavy atom. The second-order valence-electron chi connectivity index (χ2n) is 5.63. The normalized spacial score (nSPS) is 13.7. The van der Waals surface area contributed by atoms with E-state index in [1.54, 1.807) is 6.07 Å². The molecule has 1 N–H and O–H groups in total. The van der Waals surface area contributed by atoms with E-state index in [1.165, 1.54) is 10.5 Å². The van der Waals surface area contributed by atoms with E-state index in [0.717, 1.165) is 6.42 Å². The molecule has 5 nitrogen and oxygen atoms in total. The number of benzene rings is 2. The van der Waals surface area contributed by atoms with Crippen molar-refractivity contribution in [3.63, 3.8) is 0 Å². The molecule has 0 aliphatic carbocycles. The molecule has 24 heavy (non-hydrogen) atoms. The van der Waals surface area contributed by atoms with Crippen molar-refractivity contribution >= 4 is 17.5 Å². The first kappa shape index (κ1) is 16.1. The van der Waals surface area contributed by atoms with Crippen molar-refractivity contribution in [2.24, 2.45) is 0 Å². The molecule has 0 bridgehead atoms. The Hall–Kier alpha value is -2.82. The van der Waals surface area contributed by atoms with Crippen molar-refractivity contribution in [1.82, 2.24) is 5.32 Å². The molecule has 0 spiro atoms. The van der Waals surface area contributed by atoms with Gasteiger partial charge in [0.15, 0.2) is 0 Å². The van der Waals surface area contributed by atoms with Gasteiger partial charge in [-0.2, -0.15) is 0 Å². The van der Waals surface area contributed by atoms with Crippen LogP contribution in [0, 0.1) is 0 Å². The van der Waals surface area contributed by atoms with Gasteiger partial charge in [-0.05, 0) is 24.1 Å². The van der Waals surface area contributed by atoms with Gasteiger partial charge in [-0.25, -0.2) is 0 Å². The van der Waals surface area contributed by atoms with Gasteiger partial charge >= 0.3 is 0 Å². The summed E-state index contributed by atoms with van der Waals surface area (Å²) in [4.78, 5) is 26.0. The maximum Gasteiger partial charge on any atom is 0.240 e. The first-order valence-electron chi connectivity index (χ1n) is 8.07. The SMILES string of the molecule is O=C(CN1C(=O)CCOc2ccccc21)NCCc1ccccc1. The fraction of sp³-hybridized carbons (Fsp3) is 0.263. The number of rotatable bonds is 5. The molecule has 2 aromatic rings. The number of nitrogens with one attached hydrogen (secondary N) is 1. The average Bonchev–Trinajstić information content (AvgIpc) is 2.75. The van der Waals surface area contributed by atoms with Crippen molar-refractivity contribution < 1.29 is 14.3 Å². The highest BCUT2D eigenvalue weighted by Gasteiger charge is 2.24. The Kier molecular flexibility index (Phi) is 5.11. The number of amides is 2. The standard InChI is InChI=1S/C19H20N2O3/c22-18(20-12-10-15-6-2-1-3-7-15)14-21-16-8-4-5-9-17(16)24-13-11-19(21)23/h1-9H,10-14H2,(H,20,22). The lowest BCUT2D eigenvalue weighted by molar-refractivity contribution is -0.123. The zero-order valence-electron chi connectivity index (χ0n) is 13.4. The summed E-state index contributed by atoms with van der Waals surface area (Å²) in [6.07, 6.45) is 1.03. The molecule has 3 rings (SSSR count). The van der Waals surface area contributed by atoms with Gasteiger partial charge in [-0.15, -0.1) is 0 Å². The van der Waals surface area contributed by atoms with E-state index >= 15 is 0 Å². The Bertz CT molecular complexity index is 716. The second-order valence-corrected chi connectivity index (χ2v) is 5.63. The summed E-state index contributed by atoms with van der Waals surface area (Å²) >= 11 is 0. The fourth-order valence-electron chi connectivity index (χ4n) is 2.68. The van der Waals surface area contributed by atoms with Crippen LogP contribution in [0.2, 0.25) is 0 Å². The monoisotopic (exact) mass is 324 g/mol. The highest BCUT2D eigenvalue weighted by Crippen LogP contribution is 2.30. The molecule has 0 radical (unpaired) electrons. The maximum absolute atomic E-state index is 12.3. The van der Waals surface area contributed by atoms with Crippen molar-refractivity contribution in [3.8, 4) is 5.75 Å². The van der Waals surface area contributed by atoms with E-state index in [4.69, 9.17) is 4.74 Å². The van der Waals surface area contributed by atoms with Crippen LogP contribution in [0.25, 0.3) is 0 Å². The molecule has 0 saturated heterocycles. The Labute approximate surface area is 141 Å². The van der Waals surface area contributed by atoms with E-state index in [0.29, 0.717) is 24.6 Å². The molecule has 124 valence electrons. The van der Waals surface area contributed by atoms with Crippen LogP contribution in [0.15, 0.2) is 54.6 Å². The van der Waals surface area contributed by atoms with Crippen LogP contribution in [0.5, 0.6) is 5.75 Å². The molecule has 0 unspecified atom stereocenters. The van der Waals surface area contributed by atoms with E-state index in [1.807, 2.05) is 48.5 Å². The van der Waals surface area contributed by atoms with Gasteiger partial charge in [0.1, 0.15) is 12.3 Å². The number of ether oxygens (including phenoxy) is 1. The first-order chi connectivity index (χ1) is 11.7. The van der Waals surface area contributed by atoms with Gasteiger partial charge in [0.05, 0.1) is 18.7 Å². The lowest BCUT2D eigenvalue weighted by Gasteiger charge is -2.21. The second kappa shape index (κ2) is 7.64. The molecule has 0 aromatic heterocycles. The largest absolute Gasteiger partial charge is 0.491 e. The smallest absolute Gasteiger partial charge is 0.240 e. The van der Waals surface area contributed by atoms with E-state index < -0.39 is 0 Å². The summed E-state index contributed by atoms with van der Waals surface area (Å²) < 4.78 is 5.58. The van der Waals surface area contributed by atoms with E-state index in [9.17, 15) is 9.59 Å². The number of nitrogens with zero attached hydrogens (tertiary/aromatic N) is 1. The van der Waals surface area contributed by atoms with Crippen LogP contribution in [0.1, 0.15) is 12.0 Å². The Morgan fingerprint density at radius 1 is 1.08 bits per heavy atom. The molecule has 1 aliphatic heterocycles. The minimum absolute atomic E-state index is 0.00793. The number of carbonyl (C=O) groups excluding carboxylic acids is 2. The third-order valence-corrected chi connectivity index (χ3v) is 3.91. The first-order valence-corrected chi connectivity index (χ1v) is 8.07. The average molecular weight is 324 g/mol. The molecule has 2 aromatic carbocycles. The quantitative estimate of drug-likeness (QED) is 0.917. The fourth-order valence-corrected chi connectivity index (χ4v) is 2.68. The highest BCUT2D eigenvalue weighted by atomic mass is 16.5. The topological polar surface area (TPSA) is 58.6 Å². The molecule has 5 heteroatoms. The maximum atomic E-state index is 12.3. The zero-order valence-corrected chi connectivity index (χ0v) is 13.4. The summed E-state index contributed by atoms with van der Waals surface area (Å²) in [5, 5.41) is 2.88. The minimum atomic E-state index is -0.170. The number of carbonyl (C=O) groups is 2. The third kappa shape index (κ3) is 3.93. The van der Waals surface area contributed by atoms with Gasteiger partial charge < -0.3 is 10.1 Å². The molecule has 1 aliphatic rings. The number of para-hydroxylation sites is 2. The molecule has 0 fully saturated rings. The summed E-state index contributed by atoms with van der Waals surface area (Å²) in [5.41, 5.74) is 1.82. The number of anilines is 1. The van der Waals surface area contributed by atoms with Crippen LogP contribution in [0.4, 0.5) is 5.69 Å². The lowest BCUT2D eigenvalue weighted by atomic mass is 10.1. The summed E-state index contributed by atoms with van der Waals surface area (Å²) in [7, 11) is 0. The summed E-state index contributed by atoms with van der Waals surface area (Å²) in [5.74, 6) is 0.370. The predicted molar refractivity (Wildman–Crippen MR) is 92.1 cm³/mol. The molecule has 1 heterocycles. The molecule has 0 saturated carbocycles. The predicted octanol–water partition coefficient (Wildman–Crippen LogP) is 2.16. The van der Waals surface area contributed by atoms with Crippen molar-refractivity contribution in [2.75, 3.05) is 24.6 Å². The highest BCUT2D eigenvalue weighted by molar-refractivity contribution is 6.00. The Morgan fingerprint density at radius 2 is 1.83 bits per heavy atom. The van der Waals surface area contributed by atoms with Crippen LogP contribution < -0.4 is 15.0 Å². The number of hydrogen-bond donors (Lipinski definition) is 1. The molecular weight excluding hydrogens is 304 g/mol. The van der Waals surface area contributed by atoms with Crippen LogP contribution >= 0.6 is 0 Å². The molecule has 0 atom stereocenters. The Balaban J connectivity index is 1.59. The molecule has 2 amide bonds. The zero-order chi connectivity index (χ0) is 16.8. The van der Waals surface area contributed by atoms with Gasteiger partial charge in [0, 0.05) is 6.54 Å². The van der Waals surface area contributed by atoms with Gasteiger partial charge in [0.25, 0.3) is 0 Å². The summed E-state index contributed by atoms with van der Waals surface area (Å²) in [6, 6.07) is 17.3. The summed E-state index contributed by atoms with van der Waals surface area (Å²) in [6.45, 7) is 0.888. The van der Waals surface area contributed by atoms with Crippen LogP contribution in [0.3, 0.4) is 0 Å². The van der Waals surface area contributed by atoms with Crippen LogP contribution in [-0.2, 0) is 16.0 Å². The van der Waals surface area contributed by atoms with E-state index in [2.05, 4.69) is 5.32 Å². The van der Waals surface area contributed by atoms with Crippen molar-refractivity contribution in [2.45, 2.75) is 12.8 Å².